The van der Waals surface area contributed by atoms with E-state index in [1.54, 1.807) is 0 Å². The Labute approximate surface area is 109 Å². The SMILES string of the molecule is CC1(C(=O)Cc2cccc(Br)c2)CCCS1. The molecule has 0 radical (unpaired) electrons. The maximum absolute atomic E-state index is 12.2. The van der Waals surface area contributed by atoms with Crippen LogP contribution in [-0.4, -0.2) is 16.3 Å². The lowest BCUT2D eigenvalue weighted by molar-refractivity contribution is -0.120. The Hall–Kier alpha value is -0.280. The van der Waals surface area contributed by atoms with Crippen LogP contribution in [0.1, 0.15) is 25.3 Å². The molecule has 3 heteroatoms. The monoisotopic (exact) mass is 298 g/mol. The number of rotatable bonds is 3. The van der Waals surface area contributed by atoms with E-state index in [0.29, 0.717) is 12.2 Å². The summed E-state index contributed by atoms with van der Waals surface area (Å²) >= 11 is 5.25. The molecule has 16 heavy (non-hydrogen) atoms. The Morgan fingerprint density at radius 2 is 2.38 bits per heavy atom. The van der Waals surface area contributed by atoms with Gasteiger partial charge in [0, 0.05) is 10.9 Å². The van der Waals surface area contributed by atoms with Gasteiger partial charge >= 0.3 is 0 Å². The molecule has 0 saturated carbocycles. The number of Topliss-reactive ketones (excluding diaryl/α,β-unsaturated/α-hetero) is 1. The smallest absolute Gasteiger partial charge is 0.152 e. The highest BCUT2D eigenvalue weighted by molar-refractivity contribution is 9.10. The molecule has 86 valence electrons. The van der Waals surface area contributed by atoms with E-state index in [2.05, 4.69) is 22.9 Å². The van der Waals surface area contributed by atoms with Crippen LogP contribution in [0.25, 0.3) is 0 Å². The van der Waals surface area contributed by atoms with Crippen molar-refractivity contribution in [1.82, 2.24) is 0 Å². The maximum atomic E-state index is 12.2. The van der Waals surface area contributed by atoms with Crippen LogP contribution in [0.3, 0.4) is 0 Å². The van der Waals surface area contributed by atoms with Gasteiger partial charge in [-0.3, -0.25) is 4.79 Å². The van der Waals surface area contributed by atoms with Gasteiger partial charge < -0.3 is 0 Å². The van der Waals surface area contributed by atoms with E-state index >= 15 is 0 Å². The number of benzene rings is 1. The van der Waals surface area contributed by atoms with Crippen molar-refractivity contribution < 1.29 is 4.79 Å². The molecule has 0 aromatic heterocycles. The first-order valence-corrected chi connectivity index (χ1v) is 7.30. The van der Waals surface area contributed by atoms with Crippen molar-refractivity contribution in [3.63, 3.8) is 0 Å². The summed E-state index contributed by atoms with van der Waals surface area (Å²) in [6.45, 7) is 2.09. The molecule has 1 aromatic rings. The first kappa shape index (κ1) is 12.2. The first-order valence-electron chi connectivity index (χ1n) is 5.52. The molecule has 1 fully saturated rings. The molecule has 1 unspecified atom stereocenters. The van der Waals surface area contributed by atoms with E-state index in [-0.39, 0.29) is 4.75 Å². The predicted octanol–water partition coefficient (Wildman–Crippen LogP) is 3.85. The summed E-state index contributed by atoms with van der Waals surface area (Å²) in [5.74, 6) is 1.49. The topological polar surface area (TPSA) is 17.1 Å². The quantitative estimate of drug-likeness (QED) is 0.843. The van der Waals surface area contributed by atoms with Gasteiger partial charge in [0.2, 0.25) is 0 Å². The van der Waals surface area contributed by atoms with Crippen molar-refractivity contribution in [3.05, 3.63) is 34.3 Å². The van der Waals surface area contributed by atoms with Crippen LogP contribution in [0.5, 0.6) is 0 Å². The number of hydrogen-bond acceptors (Lipinski definition) is 2. The highest BCUT2D eigenvalue weighted by Gasteiger charge is 2.36. The maximum Gasteiger partial charge on any atom is 0.152 e. The molecule has 1 nitrogen and oxygen atoms in total. The molecule has 1 heterocycles. The normalized spacial score (nSPS) is 24.6. The van der Waals surface area contributed by atoms with Gasteiger partial charge in [-0.25, -0.2) is 0 Å². The number of carbonyl (C=O) groups is 1. The van der Waals surface area contributed by atoms with Crippen molar-refractivity contribution in [3.8, 4) is 0 Å². The van der Waals surface area contributed by atoms with Crippen LogP contribution in [0.15, 0.2) is 28.7 Å². The van der Waals surface area contributed by atoms with Gasteiger partial charge in [-0.05, 0) is 43.2 Å². The van der Waals surface area contributed by atoms with E-state index in [0.717, 1.165) is 22.2 Å². The van der Waals surface area contributed by atoms with E-state index in [1.165, 1.54) is 6.42 Å². The fourth-order valence-corrected chi connectivity index (χ4v) is 3.73. The van der Waals surface area contributed by atoms with Gasteiger partial charge in [0.15, 0.2) is 5.78 Å². The highest BCUT2D eigenvalue weighted by Crippen LogP contribution is 2.39. The Bertz CT molecular complexity index is 397. The molecular formula is C13H15BrOS. The summed E-state index contributed by atoms with van der Waals surface area (Å²) in [5.41, 5.74) is 1.10. The van der Waals surface area contributed by atoms with Crippen LogP contribution >= 0.6 is 27.7 Å². The minimum absolute atomic E-state index is 0.137. The second-order valence-corrected chi connectivity index (χ2v) is 6.93. The number of hydrogen-bond donors (Lipinski definition) is 0. The van der Waals surface area contributed by atoms with Crippen molar-refractivity contribution in [2.45, 2.75) is 30.9 Å². The standard InChI is InChI=1S/C13H15BrOS/c1-13(6-3-7-16-13)12(15)9-10-4-2-5-11(14)8-10/h2,4-5,8H,3,6-7,9H2,1H3. The van der Waals surface area contributed by atoms with E-state index in [1.807, 2.05) is 36.0 Å². The molecule has 0 amide bonds. The zero-order valence-corrected chi connectivity index (χ0v) is 11.7. The van der Waals surface area contributed by atoms with E-state index in [9.17, 15) is 4.79 Å². The summed E-state index contributed by atoms with van der Waals surface area (Å²) < 4.78 is 0.907. The molecular weight excluding hydrogens is 284 g/mol. The number of halogens is 1. The second-order valence-electron chi connectivity index (χ2n) is 4.41. The largest absolute Gasteiger partial charge is 0.298 e. The van der Waals surface area contributed by atoms with Gasteiger partial charge in [0.05, 0.1) is 4.75 Å². The molecule has 1 aromatic carbocycles. The summed E-state index contributed by atoms with van der Waals surface area (Å²) in [7, 11) is 0. The van der Waals surface area contributed by atoms with Crippen LogP contribution in [-0.2, 0) is 11.2 Å². The van der Waals surface area contributed by atoms with Crippen molar-refractivity contribution in [2.24, 2.45) is 0 Å². The Morgan fingerprint density at radius 3 is 3.00 bits per heavy atom. The summed E-state index contributed by atoms with van der Waals surface area (Å²) in [5, 5.41) is 0. The summed E-state index contributed by atoms with van der Waals surface area (Å²) in [6.07, 6.45) is 2.76. The van der Waals surface area contributed by atoms with Crippen LogP contribution in [0, 0.1) is 0 Å². The third-order valence-electron chi connectivity index (χ3n) is 3.06. The fraction of sp³-hybridized carbons (Fsp3) is 0.462. The molecule has 1 aliphatic rings. The summed E-state index contributed by atoms with van der Waals surface area (Å²) in [4.78, 5) is 12.2. The molecule has 2 rings (SSSR count). The lowest BCUT2D eigenvalue weighted by Gasteiger charge is -2.20. The molecule has 0 N–H and O–H groups in total. The average Bonchev–Trinajstić information content (AvgIpc) is 2.66. The summed E-state index contributed by atoms with van der Waals surface area (Å²) in [6, 6.07) is 8.02. The fourth-order valence-electron chi connectivity index (χ4n) is 2.02. The molecule has 1 saturated heterocycles. The molecule has 1 atom stereocenters. The number of carbonyl (C=O) groups excluding carboxylic acids is 1. The van der Waals surface area contributed by atoms with Crippen molar-refractivity contribution in [1.29, 1.82) is 0 Å². The molecule has 0 spiro atoms. The van der Waals surface area contributed by atoms with Gasteiger partial charge in [-0.2, -0.15) is 0 Å². The zero-order valence-electron chi connectivity index (χ0n) is 9.33. The zero-order chi connectivity index (χ0) is 11.6. The van der Waals surface area contributed by atoms with Crippen LogP contribution in [0.2, 0.25) is 0 Å². The van der Waals surface area contributed by atoms with E-state index in [4.69, 9.17) is 0 Å². The van der Waals surface area contributed by atoms with Crippen molar-refractivity contribution >= 4 is 33.5 Å². The van der Waals surface area contributed by atoms with Crippen molar-refractivity contribution in [2.75, 3.05) is 5.75 Å². The number of thioether (sulfide) groups is 1. The molecule has 0 bridgehead atoms. The predicted molar refractivity (Wildman–Crippen MR) is 73.0 cm³/mol. The Morgan fingerprint density at radius 1 is 1.56 bits per heavy atom. The van der Waals surface area contributed by atoms with E-state index < -0.39 is 0 Å². The van der Waals surface area contributed by atoms with Gasteiger partial charge in [-0.15, -0.1) is 11.8 Å². The molecule has 0 aliphatic carbocycles. The lowest BCUT2D eigenvalue weighted by Crippen LogP contribution is -2.30. The molecule has 1 aliphatic heterocycles. The minimum atomic E-state index is -0.137. The Balaban J connectivity index is 2.07. The third-order valence-corrected chi connectivity index (χ3v) is 5.12. The lowest BCUT2D eigenvalue weighted by atomic mass is 9.95. The van der Waals surface area contributed by atoms with Crippen LogP contribution in [0.4, 0.5) is 0 Å². The highest BCUT2D eigenvalue weighted by atomic mass is 79.9. The second kappa shape index (κ2) is 4.92. The van der Waals surface area contributed by atoms with Gasteiger partial charge in [-0.1, -0.05) is 28.1 Å². The first-order chi connectivity index (χ1) is 7.60. The Kier molecular flexibility index (Phi) is 3.75. The third kappa shape index (κ3) is 2.69. The average molecular weight is 299 g/mol. The van der Waals surface area contributed by atoms with Crippen LogP contribution < -0.4 is 0 Å². The number of ketones is 1. The van der Waals surface area contributed by atoms with Gasteiger partial charge in [0.25, 0.3) is 0 Å². The van der Waals surface area contributed by atoms with Gasteiger partial charge in [0.1, 0.15) is 0 Å². The minimum Gasteiger partial charge on any atom is -0.298 e.